The van der Waals surface area contributed by atoms with Crippen LogP contribution in [0.25, 0.3) is 0 Å². The zero-order valence-corrected chi connectivity index (χ0v) is 45.6. The van der Waals surface area contributed by atoms with E-state index in [0.29, 0.717) is 33.7 Å². The van der Waals surface area contributed by atoms with Gasteiger partial charge >= 0.3 is 0 Å². The Labute approximate surface area is 476 Å². The molecule has 0 fully saturated rings. The number of halogens is 1. The molecule has 1 aromatic heterocycles. The van der Waals surface area contributed by atoms with Crippen LogP contribution in [0.2, 0.25) is 5.02 Å². The maximum Gasteiger partial charge on any atom is 0.248 e. The normalized spacial score (nSPS) is 20.5. The summed E-state index contributed by atoms with van der Waals surface area (Å²) in [5, 5.41) is 55.5. The number of hydrogen-bond acceptors (Lipinski definition) is 16. The van der Waals surface area contributed by atoms with Crippen molar-refractivity contribution in [3.8, 4) is 11.5 Å². The Kier molecular flexibility index (Phi) is 22.5. The third kappa shape index (κ3) is 18.7. The van der Waals surface area contributed by atoms with Gasteiger partial charge in [0.25, 0.3) is 0 Å². The Morgan fingerprint density at radius 1 is 0.720 bits per heavy atom. The quantitative estimate of drug-likeness (QED) is 0.0431. The number of ketones is 1. The van der Waals surface area contributed by atoms with E-state index in [9.17, 15) is 58.5 Å². The number of benzene rings is 4. The molecule has 0 radical (unpaired) electrons. The van der Waals surface area contributed by atoms with E-state index in [2.05, 4.69) is 42.2 Å². The van der Waals surface area contributed by atoms with E-state index >= 15 is 0 Å². The molecule has 0 spiro atoms. The number of amides is 8. The Balaban J connectivity index is 1.44. The van der Waals surface area contributed by atoms with Crippen molar-refractivity contribution in [3.63, 3.8) is 0 Å². The van der Waals surface area contributed by atoms with Crippen LogP contribution in [-0.2, 0) is 77.0 Å². The van der Waals surface area contributed by atoms with Crippen LogP contribution in [0.4, 0.5) is 0 Å². The number of nitrogens with zero attached hydrogens (tertiary/aromatic N) is 3. The smallest absolute Gasteiger partial charge is 0.248 e. The lowest BCUT2D eigenvalue weighted by Gasteiger charge is -2.28. The molecule has 0 aliphatic carbocycles. The summed E-state index contributed by atoms with van der Waals surface area (Å²) in [5.41, 5.74) is 25.7. The fraction of sp³-hybridized carbons (Fsp3) is 0.375. The Morgan fingerprint density at radius 2 is 1.29 bits per heavy atom. The molecule has 82 heavy (non-hydrogen) atoms. The summed E-state index contributed by atoms with van der Waals surface area (Å²) in [6.07, 6.45) is -1.23. The fourth-order valence-corrected chi connectivity index (χ4v) is 9.14. The summed E-state index contributed by atoms with van der Waals surface area (Å²) in [4.78, 5) is 126. The molecule has 25 nitrogen and oxygen atoms in total. The van der Waals surface area contributed by atoms with Gasteiger partial charge in [-0.15, -0.1) is 5.10 Å². The number of phenolic OH excluding ortho intramolecular Hbond substituents is 2. The molecule has 1 aliphatic heterocycles. The maximum absolute atomic E-state index is 14.9. The Morgan fingerprint density at radius 3 is 1.90 bits per heavy atom. The molecule has 17 N–H and O–H groups in total. The van der Waals surface area contributed by atoms with E-state index in [-0.39, 0.29) is 74.2 Å². The van der Waals surface area contributed by atoms with Gasteiger partial charge in [0.15, 0.2) is 5.78 Å². The number of aromatic nitrogens is 3. The number of rotatable bonds is 19. The zero-order chi connectivity index (χ0) is 59.6. The van der Waals surface area contributed by atoms with Crippen LogP contribution in [0, 0.1) is 5.92 Å². The van der Waals surface area contributed by atoms with Gasteiger partial charge in [0.1, 0.15) is 41.7 Å². The van der Waals surface area contributed by atoms with E-state index < -0.39 is 120 Å². The highest BCUT2D eigenvalue weighted by Crippen LogP contribution is 2.21. The summed E-state index contributed by atoms with van der Waals surface area (Å²) in [6.45, 7) is 0.856. The fourth-order valence-electron chi connectivity index (χ4n) is 9.02. The first-order valence-corrected chi connectivity index (χ1v) is 26.8. The summed E-state index contributed by atoms with van der Waals surface area (Å²) in [6, 6.07) is 13.5. The monoisotopic (exact) mass is 1150 g/mol. The lowest BCUT2D eigenvalue weighted by atomic mass is 9.89. The second kappa shape index (κ2) is 29.6. The SMILES string of the molecule is C[C@@H](O)[C@@H]1NC(=O)[C@H](CCCCN)NC(=O)[C@@H](Cc2ccc(C(N)=O)cc2)NC(=O)[C@H](Cc2ccc(O)cc2)CC(=O)[C@H](NC(=O)[C@@H](N)Cc2ccc(Cl)cc2)Cc2cn(nn2)C[C@@H](C(=O)N[C@H](Cc2ccc(O)cc2)C(N)=O)NC1=O. The van der Waals surface area contributed by atoms with Crippen LogP contribution < -0.4 is 54.8 Å². The minimum atomic E-state index is -1.80. The van der Waals surface area contributed by atoms with Gasteiger partial charge in [-0.05, 0) is 116 Å². The van der Waals surface area contributed by atoms with Crippen molar-refractivity contribution in [2.24, 2.45) is 28.9 Å². The number of phenols is 2. The summed E-state index contributed by atoms with van der Waals surface area (Å²) in [5.74, 6) is -9.39. The topological polar surface area (TPSA) is 421 Å². The third-order valence-electron chi connectivity index (χ3n) is 13.6. The summed E-state index contributed by atoms with van der Waals surface area (Å²) >= 11 is 6.09. The van der Waals surface area contributed by atoms with Gasteiger partial charge < -0.3 is 70.2 Å². The number of aliphatic hydroxyl groups is 1. The number of aromatic hydroxyl groups is 2. The predicted molar refractivity (Wildman–Crippen MR) is 298 cm³/mol. The molecule has 436 valence electrons. The van der Waals surface area contributed by atoms with Crippen LogP contribution in [0.1, 0.15) is 70.9 Å². The number of Topliss-reactive ketones (excluding diaryl/α,β-unsaturated/α-hetero) is 1. The number of fused-ring (bicyclic) bond motifs is 2. The largest absolute Gasteiger partial charge is 0.508 e. The predicted octanol–water partition coefficient (Wildman–Crippen LogP) is -1.22. The first kappa shape index (κ1) is 62.4. The van der Waals surface area contributed by atoms with Crippen molar-refractivity contribution in [3.05, 3.63) is 142 Å². The van der Waals surface area contributed by atoms with E-state index in [1.165, 1.54) is 85.9 Å². The standard InChI is InChI=1S/C56H68ClN13O12/c1-30(71)48-56(82)66-46(55(81)64-44(50(61)76)24-34-11-19-40(73)20-12-34)29-70-28-38(68-69-70)27-43(63-52(78)41(59)23-32-7-15-37(57)16-8-32)47(74)26-36(22-31-9-17-39(72)18-10-31)51(77)65-45(25-33-5-13-35(14-6-33)49(60)75)54(80)62-42(53(79)67-48)4-2-3-21-58/h5-20,28,30,36,41-46,48,71-73H,2-4,21-27,29,58-59H2,1H3,(H2,60,75)(H2,61,76)(H,62,80)(H,63,78)(H,64,81)(H,65,77)(H,66,82)(H,67,79)/t30-,36-,41+,42+,43-,44-,45-,46+,48+/m1/s1. The van der Waals surface area contributed by atoms with E-state index in [4.69, 9.17) is 34.5 Å². The molecule has 0 saturated carbocycles. The van der Waals surface area contributed by atoms with Crippen LogP contribution in [0.3, 0.4) is 0 Å². The lowest BCUT2D eigenvalue weighted by Crippen LogP contribution is -2.62. The second-order valence-electron chi connectivity index (χ2n) is 20.2. The molecular formula is C56H68ClN13O12. The third-order valence-corrected chi connectivity index (χ3v) is 13.9. The molecule has 0 unspecified atom stereocenters. The molecule has 26 heteroatoms. The van der Waals surface area contributed by atoms with Crippen molar-refractivity contribution in [1.29, 1.82) is 0 Å². The molecular weight excluding hydrogens is 1080 g/mol. The molecule has 6 rings (SSSR count). The Hall–Kier alpha value is -8.78. The number of unbranched alkanes of at least 4 members (excludes halogenated alkanes) is 1. The number of nitrogens with one attached hydrogen (secondary N) is 6. The first-order chi connectivity index (χ1) is 39.0. The molecule has 4 aromatic carbocycles. The molecule has 5 aromatic rings. The van der Waals surface area contributed by atoms with Crippen molar-refractivity contribution in [1.82, 2.24) is 46.9 Å². The summed E-state index contributed by atoms with van der Waals surface area (Å²) < 4.78 is 1.12. The van der Waals surface area contributed by atoms with Gasteiger partial charge in [0.05, 0.1) is 30.4 Å². The van der Waals surface area contributed by atoms with Crippen molar-refractivity contribution < 1.29 is 58.5 Å². The average Bonchev–Trinajstić information content (AvgIpc) is 3.91. The van der Waals surface area contributed by atoms with Crippen LogP contribution in [0.15, 0.2) is 103 Å². The van der Waals surface area contributed by atoms with Gasteiger partial charge in [-0.1, -0.05) is 65.3 Å². The second-order valence-corrected chi connectivity index (χ2v) is 20.6. The number of primary amides is 2. The molecule has 8 amide bonds. The summed E-state index contributed by atoms with van der Waals surface area (Å²) in [7, 11) is 0. The van der Waals surface area contributed by atoms with Crippen LogP contribution in [0.5, 0.6) is 11.5 Å². The first-order valence-electron chi connectivity index (χ1n) is 26.4. The number of carbonyl (C=O) groups is 9. The van der Waals surface area contributed by atoms with Gasteiger partial charge in [0.2, 0.25) is 47.3 Å². The van der Waals surface area contributed by atoms with Gasteiger partial charge in [0, 0.05) is 48.4 Å². The molecule has 2 heterocycles. The van der Waals surface area contributed by atoms with Crippen LogP contribution in [-0.4, -0.2) is 138 Å². The van der Waals surface area contributed by atoms with E-state index in [1.807, 2.05) is 0 Å². The zero-order valence-electron chi connectivity index (χ0n) is 44.8. The molecule has 0 saturated heterocycles. The molecule has 2 bridgehead atoms. The Bertz CT molecular complexity index is 3050. The molecule has 1 aliphatic rings. The van der Waals surface area contributed by atoms with Crippen molar-refractivity contribution >= 4 is 64.6 Å². The highest BCUT2D eigenvalue weighted by molar-refractivity contribution is 6.30. The van der Waals surface area contributed by atoms with E-state index in [1.54, 1.807) is 24.3 Å². The number of hydrogen-bond donors (Lipinski definition) is 13. The highest BCUT2D eigenvalue weighted by atomic mass is 35.5. The van der Waals surface area contributed by atoms with E-state index in [0.717, 1.165) is 4.68 Å². The number of carbonyl (C=O) groups excluding carboxylic acids is 9. The van der Waals surface area contributed by atoms with Crippen LogP contribution >= 0.6 is 11.6 Å². The highest BCUT2D eigenvalue weighted by Gasteiger charge is 2.37. The minimum absolute atomic E-state index is 0.0202. The van der Waals surface area contributed by atoms with Gasteiger partial charge in [-0.2, -0.15) is 0 Å². The van der Waals surface area contributed by atoms with Crippen molar-refractivity contribution in [2.45, 2.75) is 120 Å². The van der Waals surface area contributed by atoms with Crippen molar-refractivity contribution in [2.75, 3.05) is 6.54 Å². The lowest BCUT2D eigenvalue weighted by molar-refractivity contribution is -0.137. The van der Waals surface area contributed by atoms with Gasteiger partial charge in [-0.25, -0.2) is 4.68 Å². The molecule has 9 atom stereocenters. The number of aliphatic hydroxyl groups excluding tert-OH is 1. The average molecular weight is 1150 g/mol. The van der Waals surface area contributed by atoms with Gasteiger partial charge in [-0.3, -0.25) is 43.2 Å². The minimum Gasteiger partial charge on any atom is -0.508 e. The number of nitrogens with two attached hydrogens (primary N) is 4. The maximum atomic E-state index is 14.9.